The lowest BCUT2D eigenvalue weighted by Gasteiger charge is -2.25. The lowest BCUT2D eigenvalue weighted by Crippen LogP contribution is -2.37. The quantitative estimate of drug-likeness (QED) is 0.813. The first-order valence-corrected chi connectivity index (χ1v) is 7.48. The Bertz CT molecular complexity index is 465. The molecule has 132 valence electrons. The molecule has 2 atom stereocenters. The Hall–Kier alpha value is -0.880. The molecule has 0 radical (unpaired) electrons. The van der Waals surface area contributed by atoms with Crippen LogP contribution in [-0.4, -0.2) is 44.0 Å². The van der Waals surface area contributed by atoms with Gasteiger partial charge in [0.15, 0.2) is 0 Å². The summed E-state index contributed by atoms with van der Waals surface area (Å²) in [6.45, 7) is 1.54. The van der Waals surface area contributed by atoms with Gasteiger partial charge in [-0.1, -0.05) is 12.1 Å². The minimum atomic E-state index is -0.243. The van der Waals surface area contributed by atoms with E-state index >= 15 is 0 Å². The van der Waals surface area contributed by atoms with Crippen molar-refractivity contribution >= 4 is 30.7 Å². The van der Waals surface area contributed by atoms with Crippen molar-refractivity contribution in [3.8, 4) is 0 Å². The number of carbonyl (C=O) groups excluding carboxylic acids is 1. The molecule has 1 amide bonds. The molecule has 0 aliphatic carbocycles. The van der Waals surface area contributed by atoms with Crippen molar-refractivity contribution in [2.24, 2.45) is 0 Å². The molecule has 0 spiro atoms. The molecule has 2 N–H and O–H groups in total. The minimum absolute atomic E-state index is 0. The number of nitrogens with one attached hydrogen (secondary N) is 2. The number of amides is 1. The molecule has 0 bridgehead atoms. The average Bonchev–Trinajstić information content (AvgIpc) is 2.93. The summed E-state index contributed by atoms with van der Waals surface area (Å²) in [5.41, 5.74) is 1.00. The number of rotatable bonds is 6. The van der Waals surface area contributed by atoms with Crippen LogP contribution < -0.4 is 10.6 Å². The van der Waals surface area contributed by atoms with Crippen LogP contribution in [0.2, 0.25) is 0 Å². The molecule has 1 heterocycles. The van der Waals surface area contributed by atoms with Crippen LogP contribution in [0.5, 0.6) is 0 Å². The molecule has 2 rings (SSSR count). The highest BCUT2D eigenvalue weighted by Crippen LogP contribution is 2.18. The third-order valence-corrected chi connectivity index (χ3v) is 3.96. The number of halogens is 3. The van der Waals surface area contributed by atoms with Crippen molar-refractivity contribution < 1.29 is 9.18 Å². The summed E-state index contributed by atoms with van der Waals surface area (Å²) < 4.78 is 13.0. The largest absolute Gasteiger partial charge is 0.354 e. The van der Waals surface area contributed by atoms with Gasteiger partial charge in [-0.15, -0.1) is 24.8 Å². The molecule has 7 heteroatoms. The molecule has 23 heavy (non-hydrogen) atoms. The van der Waals surface area contributed by atoms with Crippen LogP contribution in [0.1, 0.15) is 30.9 Å². The Morgan fingerprint density at radius 1 is 1.35 bits per heavy atom. The van der Waals surface area contributed by atoms with Crippen molar-refractivity contribution in [2.75, 3.05) is 27.2 Å². The smallest absolute Gasteiger partial charge is 0.221 e. The number of hydrogen-bond acceptors (Lipinski definition) is 3. The van der Waals surface area contributed by atoms with Gasteiger partial charge in [-0.2, -0.15) is 0 Å². The molecule has 2 unspecified atom stereocenters. The molecule has 4 nitrogen and oxygen atoms in total. The number of hydrogen-bond donors (Lipinski definition) is 2. The zero-order chi connectivity index (χ0) is 15.2. The average molecular weight is 366 g/mol. The maximum Gasteiger partial charge on any atom is 0.221 e. The molecular weight excluding hydrogens is 340 g/mol. The highest BCUT2D eigenvalue weighted by atomic mass is 35.5. The van der Waals surface area contributed by atoms with Crippen molar-refractivity contribution in [3.63, 3.8) is 0 Å². The summed E-state index contributed by atoms with van der Waals surface area (Å²) in [5.74, 6) is -0.170. The van der Waals surface area contributed by atoms with E-state index in [0.29, 0.717) is 19.0 Å². The van der Waals surface area contributed by atoms with E-state index in [2.05, 4.69) is 10.6 Å². The van der Waals surface area contributed by atoms with Crippen LogP contribution in [0.4, 0.5) is 4.39 Å². The van der Waals surface area contributed by atoms with Gasteiger partial charge in [0.05, 0.1) is 6.04 Å². The van der Waals surface area contributed by atoms with Gasteiger partial charge in [0.25, 0.3) is 0 Å². The molecule has 1 aromatic rings. The topological polar surface area (TPSA) is 44.4 Å². The highest BCUT2D eigenvalue weighted by molar-refractivity contribution is 5.85. The second-order valence-electron chi connectivity index (χ2n) is 5.83. The molecule has 1 fully saturated rings. The van der Waals surface area contributed by atoms with Crippen LogP contribution in [0.25, 0.3) is 0 Å². The number of nitrogens with zero attached hydrogens (tertiary/aromatic N) is 1. The summed E-state index contributed by atoms with van der Waals surface area (Å²) in [5, 5.41) is 6.31. The monoisotopic (exact) mass is 365 g/mol. The second-order valence-corrected chi connectivity index (χ2v) is 5.83. The molecular formula is C16H26Cl2FN3O. The van der Waals surface area contributed by atoms with Crippen LogP contribution in [0.3, 0.4) is 0 Å². The molecule has 1 saturated heterocycles. The van der Waals surface area contributed by atoms with Crippen LogP contribution in [0.15, 0.2) is 24.3 Å². The first-order chi connectivity index (χ1) is 10.1. The second kappa shape index (κ2) is 10.8. The van der Waals surface area contributed by atoms with Crippen molar-refractivity contribution in [3.05, 3.63) is 35.6 Å². The van der Waals surface area contributed by atoms with Gasteiger partial charge < -0.3 is 15.5 Å². The fraction of sp³-hybridized carbons (Fsp3) is 0.562. The highest BCUT2D eigenvalue weighted by Gasteiger charge is 2.19. The molecule has 1 aliphatic rings. The first-order valence-electron chi connectivity index (χ1n) is 7.48. The summed E-state index contributed by atoms with van der Waals surface area (Å²) in [4.78, 5) is 14.0. The zero-order valence-electron chi connectivity index (χ0n) is 13.5. The number of benzene rings is 1. The van der Waals surface area contributed by atoms with E-state index in [4.69, 9.17) is 0 Å². The minimum Gasteiger partial charge on any atom is -0.354 e. The van der Waals surface area contributed by atoms with E-state index in [-0.39, 0.29) is 42.6 Å². The van der Waals surface area contributed by atoms with Gasteiger partial charge >= 0.3 is 0 Å². The lowest BCUT2D eigenvalue weighted by molar-refractivity contribution is -0.121. The third kappa shape index (κ3) is 7.04. The van der Waals surface area contributed by atoms with E-state index < -0.39 is 0 Å². The maximum atomic E-state index is 13.0. The van der Waals surface area contributed by atoms with Crippen molar-refractivity contribution in [1.82, 2.24) is 15.5 Å². The number of carbonyl (C=O) groups is 1. The van der Waals surface area contributed by atoms with Gasteiger partial charge in [-0.25, -0.2) is 4.39 Å². The normalized spacial score (nSPS) is 18.0. The Balaban J connectivity index is 0.00000242. The summed E-state index contributed by atoms with van der Waals surface area (Å²) in [6.07, 6.45) is 2.75. The van der Waals surface area contributed by atoms with E-state index in [1.807, 2.05) is 19.0 Å². The Morgan fingerprint density at radius 2 is 2.00 bits per heavy atom. The van der Waals surface area contributed by atoms with E-state index in [1.54, 1.807) is 12.1 Å². The van der Waals surface area contributed by atoms with Crippen molar-refractivity contribution in [2.45, 2.75) is 31.3 Å². The summed E-state index contributed by atoms with van der Waals surface area (Å²) in [7, 11) is 3.91. The zero-order valence-corrected chi connectivity index (χ0v) is 15.2. The Kier molecular flexibility index (Phi) is 10.4. The van der Waals surface area contributed by atoms with E-state index in [9.17, 15) is 9.18 Å². The molecule has 1 aliphatic heterocycles. The Labute approximate surface area is 150 Å². The predicted octanol–water partition coefficient (Wildman–Crippen LogP) is 2.53. The van der Waals surface area contributed by atoms with Crippen LogP contribution in [0, 0.1) is 5.82 Å². The lowest BCUT2D eigenvalue weighted by atomic mass is 10.1. The van der Waals surface area contributed by atoms with Gasteiger partial charge in [0, 0.05) is 19.0 Å². The van der Waals surface area contributed by atoms with E-state index in [0.717, 1.165) is 24.9 Å². The van der Waals surface area contributed by atoms with E-state index in [1.165, 1.54) is 12.1 Å². The summed E-state index contributed by atoms with van der Waals surface area (Å²) in [6, 6.07) is 6.81. The Morgan fingerprint density at radius 3 is 2.52 bits per heavy atom. The number of likely N-dealkylation sites (N-methyl/N-ethyl adjacent to an activating group) is 1. The van der Waals surface area contributed by atoms with Gasteiger partial charge in [0.1, 0.15) is 5.82 Å². The molecule has 0 aromatic heterocycles. The fourth-order valence-electron chi connectivity index (χ4n) is 2.72. The van der Waals surface area contributed by atoms with Crippen LogP contribution >= 0.6 is 24.8 Å². The predicted molar refractivity (Wildman–Crippen MR) is 96.0 cm³/mol. The molecule has 0 saturated carbocycles. The van der Waals surface area contributed by atoms with Gasteiger partial charge in [-0.3, -0.25) is 4.79 Å². The maximum absolute atomic E-state index is 13.0. The van der Waals surface area contributed by atoms with Gasteiger partial charge in [0.2, 0.25) is 5.91 Å². The first kappa shape index (κ1) is 22.1. The SMILES string of the molecule is CN(C)C(CNC(=O)CC1CCCN1)c1ccc(F)cc1.Cl.Cl. The van der Waals surface area contributed by atoms with Crippen LogP contribution in [-0.2, 0) is 4.79 Å². The van der Waals surface area contributed by atoms with Gasteiger partial charge in [-0.05, 0) is 51.2 Å². The standard InChI is InChI=1S/C16H24FN3O.2ClH/c1-20(2)15(12-5-7-13(17)8-6-12)11-19-16(21)10-14-4-3-9-18-14;;/h5-8,14-15,18H,3-4,9-11H2,1-2H3,(H,19,21);2*1H. The fourth-order valence-corrected chi connectivity index (χ4v) is 2.72. The van der Waals surface area contributed by atoms with Crippen molar-refractivity contribution in [1.29, 1.82) is 0 Å². The molecule has 1 aromatic carbocycles. The summed E-state index contributed by atoms with van der Waals surface area (Å²) >= 11 is 0. The third-order valence-electron chi connectivity index (χ3n) is 3.96.